The lowest BCUT2D eigenvalue weighted by Gasteiger charge is -2.53. The summed E-state index contributed by atoms with van der Waals surface area (Å²) in [6, 6.07) is 7.95. The molecule has 0 bridgehead atoms. The molecule has 1 aromatic rings. The summed E-state index contributed by atoms with van der Waals surface area (Å²) in [7, 11) is -3.12. The first-order valence-corrected chi connectivity index (χ1v) is 10.2. The van der Waals surface area contributed by atoms with Crippen molar-refractivity contribution in [3.8, 4) is 0 Å². The summed E-state index contributed by atoms with van der Waals surface area (Å²) in [5.74, 6) is 0.275. The molecule has 2 heterocycles. The highest BCUT2D eigenvalue weighted by atomic mass is 35.5. The van der Waals surface area contributed by atoms with E-state index in [0.717, 1.165) is 37.5 Å². The number of likely N-dealkylation sites (tertiary alicyclic amines) is 1. The number of hydrogen-bond acceptors (Lipinski definition) is 4. The van der Waals surface area contributed by atoms with Gasteiger partial charge in [-0.1, -0.05) is 23.7 Å². The number of benzene rings is 1. The number of sulfonamides is 1. The van der Waals surface area contributed by atoms with Crippen molar-refractivity contribution in [2.75, 3.05) is 32.5 Å². The topological polar surface area (TPSA) is 58.6 Å². The molecular formula is C16H23ClN2O3S. The van der Waals surface area contributed by atoms with E-state index in [9.17, 15) is 8.42 Å². The average Bonchev–Trinajstić information content (AvgIpc) is 2.44. The molecule has 2 aliphatic heterocycles. The third kappa shape index (κ3) is 4.67. The molecule has 2 saturated heterocycles. The van der Waals surface area contributed by atoms with Crippen LogP contribution in [0.25, 0.3) is 0 Å². The Kier molecular flexibility index (Phi) is 4.99. The van der Waals surface area contributed by atoms with Crippen LogP contribution in [0.15, 0.2) is 24.3 Å². The number of nitrogens with zero attached hydrogens (tertiary/aromatic N) is 1. The van der Waals surface area contributed by atoms with Crippen molar-refractivity contribution < 1.29 is 13.2 Å². The SMILES string of the molecule is CS(=O)(=O)NCC1CCC2(CN(Cc3cccc(Cl)c3)C2)OC1. The van der Waals surface area contributed by atoms with Gasteiger partial charge in [0, 0.05) is 31.2 Å². The third-order valence-electron chi connectivity index (χ3n) is 4.59. The van der Waals surface area contributed by atoms with Gasteiger partial charge in [0.1, 0.15) is 0 Å². The minimum absolute atomic E-state index is 0.0276. The first kappa shape index (κ1) is 17.2. The number of hydrogen-bond donors (Lipinski definition) is 1. The molecule has 1 N–H and O–H groups in total. The quantitative estimate of drug-likeness (QED) is 0.873. The first-order valence-electron chi connectivity index (χ1n) is 7.89. The fourth-order valence-electron chi connectivity index (χ4n) is 3.37. The van der Waals surface area contributed by atoms with Gasteiger partial charge >= 0.3 is 0 Å². The van der Waals surface area contributed by atoms with Gasteiger partial charge in [-0.2, -0.15) is 0 Å². The zero-order valence-corrected chi connectivity index (χ0v) is 14.9. The van der Waals surface area contributed by atoms with Crippen LogP contribution in [0.3, 0.4) is 0 Å². The molecular weight excluding hydrogens is 336 g/mol. The van der Waals surface area contributed by atoms with Gasteiger partial charge in [0.05, 0.1) is 18.5 Å². The van der Waals surface area contributed by atoms with Crippen LogP contribution in [0, 0.1) is 5.92 Å². The van der Waals surface area contributed by atoms with Crippen molar-refractivity contribution >= 4 is 21.6 Å². The average molecular weight is 359 g/mol. The van der Waals surface area contributed by atoms with Gasteiger partial charge in [0.15, 0.2) is 0 Å². The second-order valence-corrected chi connectivity index (χ2v) is 9.06. The Morgan fingerprint density at radius 2 is 2.22 bits per heavy atom. The Balaban J connectivity index is 1.43. The van der Waals surface area contributed by atoms with E-state index in [1.165, 1.54) is 11.8 Å². The van der Waals surface area contributed by atoms with Gasteiger partial charge in [-0.15, -0.1) is 0 Å². The lowest BCUT2D eigenvalue weighted by atomic mass is 9.83. The molecule has 1 atom stereocenters. The van der Waals surface area contributed by atoms with Crippen LogP contribution in [0.5, 0.6) is 0 Å². The maximum Gasteiger partial charge on any atom is 0.208 e. The first-order chi connectivity index (χ1) is 10.8. The molecule has 1 aromatic carbocycles. The number of rotatable bonds is 5. The van der Waals surface area contributed by atoms with E-state index in [2.05, 4.69) is 15.7 Å². The summed E-state index contributed by atoms with van der Waals surface area (Å²) in [5, 5.41) is 0.771. The van der Waals surface area contributed by atoms with Crippen LogP contribution in [0.1, 0.15) is 18.4 Å². The van der Waals surface area contributed by atoms with Gasteiger partial charge in [-0.05, 0) is 36.5 Å². The standard InChI is InChI=1S/C16H23ClN2O3S/c1-23(20,21)18-8-14-5-6-16(22-10-14)11-19(12-16)9-13-3-2-4-15(17)7-13/h2-4,7,14,18H,5-6,8-12H2,1H3. The second kappa shape index (κ2) is 6.69. The molecule has 0 aliphatic carbocycles. The van der Waals surface area contributed by atoms with Crippen molar-refractivity contribution in [2.45, 2.75) is 25.0 Å². The minimum atomic E-state index is -3.12. The van der Waals surface area contributed by atoms with Crippen LogP contribution in [-0.2, 0) is 21.3 Å². The van der Waals surface area contributed by atoms with Crippen LogP contribution < -0.4 is 4.72 Å². The predicted octanol–water partition coefficient (Wildman–Crippen LogP) is 1.87. The van der Waals surface area contributed by atoms with Crippen molar-refractivity contribution in [3.63, 3.8) is 0 Å². The summed E-state index contributed by atoms with van der Waals surface area (Å²) < 4.78 is 30.9. The molecule has 2 aliphatic rings. The molecule has 7 heteroatoms. The highest BCUT2D eigenvalue weighted by Gasteiger charge is 2.46. The molecule has 0 amide bonds. The summed E-state index contributed by atoms with van der Waals surface area (Å²) >= 11 is 6.02. The zero-order valence-electron chi connectivity index (χ0n) is 13.3. The van der Waals surface area contributed by atoms with E-state index in [1.807, 2.05) is 18.2 Å². The predicted molar refractivity (Wildman–Crippen MR) is 91.0 cm³/mol. The fraction of sp³-hybridized carbons (Fsp3) is 0.625. The van der Waals surface area contributed by atoms with Gasteiger partial charge in [0.2, 0.25) is 10.0 Å². The van der Waals surface area contributed by atoms with E-state index in [1.54, 1.807) is 0 Å². The van der Waals surface area contributed by atoms with Crippen molar-refractivity contribution in [1.82, 2.24) is 9.62 Å². The van der Waals surface area contributed by atoms with Crippen molar-refractivity contribution in [1.29, 1.82) is 0 Å². The lowest BCUT2D eigenvalue weighted by Crippen LogP contribution is -2.64. The van der Waals surface area contributed by atoms with E-state index >= 15 is 0 Å². The molecule has 0 radical (unpaired) electrons. The smallest absolute Gasteiger partial charge is 0.208 e. The zero-order chi connectivity index (χ0) is 16.5. The molecule has 3 rings (SSSR count). The maximum absolute atomic E-state index is 11.1. The molecule has 5 nitrogen and oxygen atoms in total. The van der Waals surface area contributed by atoms with Gasteiger partial charge in [-0.3, -0.25) is 4.90 Å². The second-order valence-electron chi connectivity index (χ2n) is 6.79. The van der Waals surface area contributed by atoms with E-state index in [0.29, 0.717) is 13.2 Å². The van der Waals surface area contributed by atoms with Gasteiger partial charge in [0.25, 0.3) is 0 Å². The molecule has 2 fully saturated rings. The van der Waals surface area contributed by atoms with Crippen molar-refractivity contribution in [2.24, 2.45) is 5.92 Å². The third-order valence-corrected chi connectivity index (χ3v) is 5.51. The fourth-order valence-corrected chi connectivity index (χ4v) is 4.12. The van der Waals surface area contributed by atoms with Gasteiger partial charge in [-0.25, -0.2) is 13.1 Å². The lowest BCUT2D eigenvalue weighted by molar-refractivity contribution is -0.181. The van der Waals surface area contributed by atoms with E-state index < -0.39 is 10.0 Å². The molecule has 1 unspecified atom stereocenters. The largest absolute Gasteiger partial charge is 0.372 e. The monoisotopic (exact) mass is 358 g/mol. The molecule has 23 heavy (non-hydrogen) atoms. The van der Waals surface area contributed by atoms with Crippen molar-refractivity contribution in [3.05, 3.63) is 34.9 Å². The number of ether oxygens (including phenoxy) is 1. The van der Waals surface area contributed by atoms with Gasteiger partial charge < -0.3 is 4.74 Å². The Morgan fingerprint density at radius 3 is 2.83 bits per heavy atom. The van der Waals surface area contributed by atoms with Crippen LogP contribution >= 0.6 is 11.6 Å². The summed E-state index contributed by atoms with van der Waals surface area (Å²) in [6.07, 6.45) is 3.19. The van der Waals surface area contributed by atoms with E-state index in [-0.39, 0.29) is 11.5 Å². The summed E-state index contributed by atoms with van der Waals surface area (Å²) in [4.78, 5) is 2.36. The Hall–Kier alpha value is -0.660. The number of halogens is 1. The van der Waals surface area contributed by atoms with Crippen LogP contribution in [0.4, 0.5) is 0 Å². The Labute approximate surface area is 143 Å². The van der Waals surface area contributed by atoms with Crippen LogP contribution in [-0.4, -0.2) is 51.4 Å². The highest BCUT2D eigenvalue weighted by molar-refractivity contribution is 7.88. The normalized spacial score (nSPS) is 24.5. The number of nitrogens with one attached hydrogen (secondary N) is 1. The molecule has 0 saturated carbocycles. The summed E-state index contributed by atoms with van der Waals surface area (Å²) in [5.41, 5.74) is 1.19. The van der Waals surface area contributed by atoms with E-state index in [4.69, 9.17) is 16.3 Å². The Bertz CT molecular complexity index is 649. The Morgan fingerprint density at radius 1 is 1.43 bits per heavy atom. The maximum atomic E-state index is 11.1. The summed E-state index contributed by atoms with van der Waals surface area (Å²) in [6.45, 7) is 3.87. The highest BCUT2D eigenvalue weighted by Crippen LogP contribution is 2.36. The minimum Gasteiger partial charge on any atom is -0.372 e. The molecule has 1 spiro atoms. The molecule has 128 valence electrons. The van der Waals surface area contributed by atoms with Crippen LogP contribution in [0.2, 0.25) is 5.02 Å². The molecule has 0 aromatic heterocycles.